The van der Waals surface area contributed by atoms with Crippen molar-refractivity contribution in [1.82, 2.24) is 0 Å². The molecule has 1 aliphatic rings. The highest BCUT2D eigenvalue weighted by atomic mass is 14.2. The predicted octanol–water partition coefficient (Wildman–Crippen LogP) is 7.82. The van der Waals surface area contributed by atoms with Crippen molar-refractivity contribution >= 4 is 10.8 Å². The van der Waals surface area contributed by atoms with Gasteiger partial charge in [-0.25, -0.2) is 0 Å². The minimum atomic E-state index is 1.25. The Morgan fingerprint density at radius 3 is 1.64 bits per heavy atom. The van der Waals surface area contributed by atoms with E-state index >= 15 is 0 Å². The van der Waals surface area contributed by atoms with Gasteiger partial charge in [-0.3, -0.25) is 0 Å². The molecule has 0 nitrogen and oxygen atoms in total. The quantitative estimate of drug-likeness (QED) is 0.297. The SMILES string of the molecule is c1ccc(-c2ccc(-c3cc4c5c(cccc5c3)-c3ccccc3-4)cc2)cc1. The van der Waals surface area contributed by atoms with Gasteiger partial charge in [0.25, 0.3) is 0 Å². The van der Waals surface area contributed by atoms with Gasteiger partial charge in [-0.15, -0.1) is 0 Å². The molecule has 0 atom stereocenters. The van der Waals surface area contributed by atoms with Crippen molar-refractivity contribution in [1.29, 1.82) is 0 Å². The second kappa shape index (κ2) is 5.94. The summed E-state index contributed by atoms with van der Waals surface area (Å²) < 4.78 is 0. The van der Waals surface area contributed by atoms with Gasteiger partial charge in [0.2, 0.25) is 0 Å². The van der Waals surface area contributed by atoms with Gasteiger partial charge < -0.3 is 0 Å². The summed E-state index contributed by atoms with van der Waals surface area (Å²) >= 11 is 0. The predicted molar refractivity (Wildman–Crippen MR) is 119 cm³/mol. The minimum Gasteiger partial charge on any atom is -0.0622 e. The van der Waals surface area contributed by atoms with E-state index < -0.39 is 0 Å². The number of benzene rings is 5. The van der Waals surface area contributed by atoms with E-state index in [1.165, 1.54) is 55.3 Å². The second-order valence-corrected chi connectivity index (χ2v) is 7.42. The fourth-order valence-electron chi connectivity index (χ4n) is 4.47. The van der Waals surface area contributed by atoms with E-state index in [4.69, 9.17) is 0 Å². The zero-order chi connectivity index (χ0) is 18.5. The highest BCUT2D eigenvalue weighted by molar-refractivity contribution is 6.16. The molecule has 28 heavy (non-hydrogen) atoms. The van der Waals surface area contributed by atoms with Crippen molar-refractivity contribution in [2.24, 2.45) is 0 Å². The third-order valence-corrected chi connectivity index (χ3v) is 5.81. The van der Waals surface area contributed by atoms with Gasteiger partial charge in [-0.2, -0.15) is 0 Å². The Hall–Kier alpha value is -3.64. The maximum atomic E-state index is 2.36. The fraction of sp³-hybridized carbons (Fsp3) is 0. The van der Waals surface area contributed by atoms with Crippen LogP contribution >= 0.6 is 0 Å². The van der Waals surface area contributed by atoms with Crippen LogP contribution in [0.3, 0.4) is 0 Å². The molecule has 1 aliphatic carbocycles. The first kappa shape index (κ1) is 15.4. The molecule has 0 spiro atoms. The van der Waals surface area contributed by atoms with Crippen LogP contribution in [0.15, 0.2) is 109 Å². The normalized spacial score (nSPS) is 11.6. The first-order valence-corrected chi connectivity index (χ1v) is 9.71. The summed E-state index contributed by atoms with van der Waals surface area (Å²) in [4.78, 5) is 0. The van der Waals surface area contributed by atoms with Crippen molar-refractivity contribution in [2.45, 2.75) is 0 Å². The summed E-state index contributed by atoms with van der Waals surface area (Å²) in [5.41, 5.74) is 10.4. The molecular weight excluding hydrogens is 336 g/mol. The minimum absolute atomic E-state index is 1.25. The molecule has 0 saturated heterocycles. The van der Waals surface area contributed by atoms with E-state index in [-0.39, 0.29) is 0 Å². The first-order valence-electron chi connectivity index (χ1n) is 9.71. The molecule has 0 aromatic heterocycles. The van der Waals surface area contributed by atoms with Gasteiger partial charge in [0, 0.05) is 0 Å². The Morgan fingerprint density at radius 2 is 0.893 bits per heavy atom. The van der Waals surface area contributed by atoms with Crippen molar-refractivity contribution in [2.75, 3.05) is 0 Å². The second-order valence-electron chi connectivity index (χ2n) is 7.42. The summed E-state index contributed by atoms with van der Waals surface area (Å²) in [6.45, 7) is 0. The van der Waals surface area contributed by atoms with Crippen LogP contribution in [0, 0.1) is 0 Å². The average molecular weight is 354 g/mol. The maximum absolute atomic E-state index is 2.36. The molecule has 0 aliphatic heterocycles. The molecule has 130 valence electrons. The lowest BCUT2D eigenvalue weighted by atomic mass is 9.95. The average Bonchev–Trinajstić information content (AvgIpc) is 3.10. The van der Waals surface area contributed by atoms with Crippen LogP contribution in [0.5, 0.6) is 0 Å². The topological polar surface area (TPSA) is 0 Å². The van der Waals surface area contributed by atoms with Crippen molar-refractivity contribution in [3.8, 4) is 44.5 Å². The molecule has 0 amide bonds. The Labute approximate surface area is 164 Å². The van der Waals surface area contributed by atoms with E-state index in [1.807, 2.05) is 0 Å². The summed E-state index contributed by atoms with van der Waals surface area (Å²) in [7, 11) is 0. The number of hydrogen-bond donors (Lipinski definition) is 0. The lowest BCUT2D eigenvalue weighted by Crippen LogP contribution is -1.83. The van der Waals surface area contributed by atoms with Crippen LogP contribution in [0.1, 0.15) is 0 Å². The van der Waals surface area contributed by atoms with E-state index in [0.717, 1.165) is 0 Å². The first-order chi connectivity index (χ1) is 13.9. The lowest BCUT2D eigenvalue weighted by molar-refractivity contribution is 1.60. The molecule has 0 saturated carbocycles. The molecule has 0 heterocycles. The Kier molecular flexibility index (Phi) is 3.27. The molecule has 0 N–H and O–H groups in total. The molecule has 0 fully saturated rings. The zero-order valence-electron chi connectivity index (χ0n) is 15.4. The Bertz CT molecular complexity index is 1330. The van der Waals surface area contributed by atoms with Crippen LogP contribution in [-0.2, 0) is 0 Å². The van der Waals surface area contributed by atoms with Gasteiger partial charge >= 0.3 is 0 Å². The summed E-state index contributed by atoms with van der Waals surface area (Å²) in [5.74, 6) is 0. The highest BCUT2D eigenvalue weighted by Gasteiger charge is 2.21. The molecule has 0 radical (unpaired) electrons. The number of fused-ring (bicyclic) bond motifs is 3. The molecular formula is C28H18. The molecule has 6 rings (SSSR count). The van der Waals surface area contributed by atoms with Crippen LogP contribution in [-0.4, -0.2) is 0 Å². The van der Waals surface area contributed by atoms with Crippen LogP contribution in [0.2, 0.25) is 0 Å². The van der Waals surface area contributed by atoms with Gasteiger partial charge in [0.1, 0.15) is 0 Å². The van der Waals surface area contributed by atoms with Crippen molar-refractivity contribution in [3.63, 3.8) is 0 Å². The van der Waals surface area contributed by atoms with E-state index in [0.29, 0.717) is 0 Å². The van der Waals surface area contributed by atoms with Crippen LogP contribution in [0.4, 0.5) is 0 Å². The van der Waals surface area contributed by atoms with Crippen LogP contribution in [0.25, 0.3) is 55.3 Å². The van der Waals surface area contributed by atoms with Gasteiger partial charge in [0.15, 0.2) is 0 Å². The Balaban J connectivity index is 1.52. The van der Waals surface area contributed by atoms with E-state index in [1.54, 1.807) is 0 Å². The third kappa shape index (κ3) is 2.25. The molecule has 5 aromatic carbocycles. The van der Waals surface area contributed by atoms with Gasteiger partial charge in [0.05, 0.1) is 0 Å². The molecule has 0 bridgehead atoms. The van der Waals surface area contributed by atoms with E-state index in [2.05, 4.69) is 109 Å². The standard InChI is InChI=1S/C28H18/c1-2-7-19(8-3-1)20-13-15-21(16-14-20)23-17-22-9-6-12-26-24-10-4-5-11-25(24)27(18-23)28(22)26/h1-18H. The van der Waals surface area contributed by atoms with Gasteiger partial charge in [-0.1, -0.05) is 97.1 Å². The number of rotatable bonds is 2. The molecule has 0 heteroatoms. The molecule has 0 unspecified atom stereocenters. The Morgan fingerprint density at radius 1 is 0.321 bits per heavy atom. The summed E-state index contributed by atoms with van der Waals surface area (Å²) in [6.07, 6.45) is 0. The molecule has 5 aromatic rings. The summed E-state index contributed by atoms with van der Waals surface area (Å²) in [5, 5.41) is 2.70. The van der Waals surface area contributed by atoms with Crippen LogP contribution < -0.4 is 0 Å². The number of hydrogen-bond acceptors (Lipinski definition) is 0. The van der Waals surface area contributed by atoms with Crippen molar-refractivity contribution < 1.29 is 0 Å². The highest BCUT2D eigenvalue weighted by Crippen LogP contribution is 2.48. The van der Waals surface area contributed by atoms with Gasteiger partial charge in [-0.05, 0) is 67.4 Å². The third-order valence-electron chi connectivity index (χ3n) is 5.81. The maximum Gasteiger partial charge on any atom is -0.00259 e. The summed E-state index contributed by atoms with van der Waals surface area (Å²) in [6, 6.07) is 39.5. The van der Waals surface area contributed by atoms with Crippen molar-refractivity contribution in [3.05, 3.63) is 109 Å². The zero-order valence-corrected chi connectivity index (χ0v) is 15.4. The van der Waals surface area contributed by atoms with E-state index in [9.17, 15) is 0 Å². The smallest absolute Gasteiger partial charge is 0.00259 e. The monoisotopic (exact) mass is 354 g/mol. The lowest BCUT2D eigenvalue weighted by Gasteiger charge is -2.09. The fourth-order valence-corrected chi connectivity index (χ4v) is 4.47. The largest absolute Gasteiger partial charge is 0.0622 e.